The normalized spacial score (nSPS) is 13.9. The summed E-state index contributed by atoms with van der Waals surface area (Å²) in [4.78, 5) is 57.4. The number of carboxylic acid groups (broad SMARTS) is 4. The predicted octanol–water partition coefficient (Wildman–Crippen LogP) is -4.47. The molecule has 144 valence electrons. The minimum Gasteiger partial charge on any atom is -0.479 e. The molecular weight excluding hydrogens is 356 g/mol. The third-order valence-corrected chi connectivity index (χ3v) is 1.80. The maximum atomic E-state index is 9.77. The van der Waals surface area contributed by atoms with Crippen molar-refractivity contribution in [3.8, 4) is 0 Å². The molecule has 0 radical (unpaired) electrons. The van der Waals surface area contributed by atoms with E-state index >= 15 is 0 Å². The molecule has 0 aliphatic heterocycles. The van der Waals surface area contributed by atoms with Crippen molar-refractivity contribution in [2.45, 2.75) is 30.8 Å². The van der Waals surface area contributed by atoms with Crippen LogP contribution in [0.1, 0.15) is 6.42 Å². The van der Waals surface area contributed by atoms with Crippen molar-refractivity contribution < 1.29 is 69.6 Å². The lowest BCUT2D eigenvalue weighted by atomic mass is 10.2. The molecule has 0 aromatic heterocycles. The average Bonchev–Trinajstić information content (AvgIpc) is 2.53. The third kappa shape index (κ3) is 14.4. The Bertz CT molecular complexity index is 393. The van der Waals surface area contributed by atoms with E-state index in [1.807, 2.05) is 0 Å². The number of aldehydes is 2. The molecule has 14 heteroatoms. The van der Waals surface area contributed by atoms with Crippen LogP contribution in [0.5, 0.6) is 0 Å². The van der Waals surface area contributed by atoms with Crippen LogP contribution in [0.3, 0.4) is 0 Å². The third-order valence-electron chi connectivity index (χ3n) is 1.80. The van der Waals surface area contributed by atoms with Gasteiger partial charge in [0.2, 0.25) is 0 Å². The molecule has 0 aliphatic carbocycles. The van der Waals surface area contributed by atoms with E-state index in [4.69, 9.17) is 40.9 Å². The highest BCUT2D eigenvalue weighted by atomic mass is 16.4. The molecule has 0 aliphatic rings. The summed E-state index contributed by atoms with van der Waals surface area (Å²) in [5.41, 5.74) is 0. The van der Waals surface area contributed by atoms with E-state index in [1.54, 1.807) is 0 Å². The van der Waals surface area contributed by atoms with E-state index in [2.05, 4.69) is 0 Å². The van der Waals surface area contributed by atoms with Crippen LogP contribution >= 0.6 is 0 Å². The molecule has 0 spiro atoms. The zero-order valence-corrected chi connectivity index (χ0v) is 12.2. The molecule has 0 saturated carbocycles. The number of carboxylic acids is 4. The second-order valence-corrected chi connectivity index (χ2v) is 3.70. The highest BCUT2D eigenvalue weighted by Crippen LogP contribution is 1.93. The van der Waals surface area contributed by atoms with Crippen molar-refractivity contribution in [1.82, 2.24) is 0 Å². The molecular formula is C11H16O14. The summed E-state index contributed by atoms with van der Waals surface area (Å²) in [6.45, 7) is 0. The summed E-state index contributed by atoms with van der Waals surface area (Å²) in [5.74, 6) is -7.07. The van der Waals surface area contributed by atoms with Gasteiger partial charge < -0.3 is 50.4 Å². The topological polar surface area (TPSA) is 264 Å². The first-order valence-corrected chi connectivity index (χ1v) is 5.85. The number of hydrogen-bond acceptors (Lipinski definition) is 10. The maximum Gasteiger partial charge on any atom is 0.335 e. The molecule has 4 unspecified atom stereocenters. The smallest absolute Gasteiger partial charge is 0.335 e. The lowest BCUT2D eigenvalue weighted by Crippen LogP contribution is -2.39. The van der Waals surface area contributed by atoms with E-state index < -0.39 is 48.3 Å². The van der Waals surface area contributed by atoms with Crippen LogP contribution in [0, 0.1) is 0 Å². The van der Waals surface area contributed by atoms with Crippen LogP contribution < -0.4 is 0 Å². The molecule has 0 bridgehead atoms. The SMILES string of the molecule is O=C(O)C(O)C(O)C(=O)O.O=C(O)C(O)C(O)C(=O)O.O=CCC=O. The van der Waals surface area contributed by atoms with Crippen LogP contribution in [0.2, 0.25) is 0 Å². The highest BCUT2D eigenvalue weighted by Gasteiger charge is 2.30. The number of aliphatic hydroxyl groups excluding tert-OH is 4. The number of hydrogen-bond donors (Lipinski definition) is 8. The summed E-state index contributed by atoms with van der Waals surface area (Å²) in [6, 6.07) is 0. The number of carbonyl (C=O) groups excluding carboxylic acids is 2. The first kappa shape index (κ1) is 26.9. The van der Waals surface area contributed by atoms with E-state index in [0.717, 1.165) is 0 Å². The second-order valence-electron chi connectivity index (χ2n) is 3.70. The van der Waals surface area contributed by atoms with Gasteiger partial charge in [-0.1, -0.05) is 0 Å². The second kappa shape index (κ2) is 14.6. The molecule has 0 aromatic carbocycles. The fraction of sp³-hybridized carbons (Fsp3) is 0.455. The summed E-state index contributed by atoms with van der Waals surface area (Å²) in [6.07, 6.45) is -7.91. The Morgan fingerprint density at radius 3 is 0.760 bits per heavy atom. The number of aliphatic hydroxyl groups is 4. The van der Waals surface area contributed by atoms with Gasteiger partial charge >= 0.3 is 23.9 Å². The Morgan fingerprint density at radius 1 is 0.560 bits per heavy atom. The van der Waals surface area contributed by atoms with Gasteiger partial charge in [0.05, 0.1) is 6.42 Å². The molecule has 25 heavy (non-hydrogen) atoms. The van der Waals surface area contributed by atoms with E-state index in [0.29, 0.717) is 12.6 Å². The Morgan fingerprint density at radius 2 is 0.720 bits per heavy atom. The Balaban J connectivity index is -0.000000308. The van der Waals surface area contributed by atoms with Gasteiger partial charge in [-0.25, -0.2) is 19.2 Å². The van der Waals surface area contributed by atoms with E-state index in [-0.39, 0.29) is 6.42 Å². The van der Waals surface area contributed by atoms with Gasteiger partial charge in [0, 0.05) is 0 Å². The standard InChI is InChI=1S/2C4H6O6.C3H4O2/c2*5-1(3(7)8)2(6)4(9)10;4-2-1-3-5/h2*1-2,5-6H,(H,7,8)(H,9,10);2-3H,1H2. The van der Waals surface area contributed by atoms with Crippen molar-refractivity contribution in [3.05, 3.63) is 0 Å². The summed E-state index contributed by atoms with van der Waals surface area (Å²) < 4.78 is 0. The molecule has 0 heterocycles. The molecule has 0 amide bonds. The highest BCUT2D eigenvalue weighted by molar-refractivity contribution is 5.83. The maximum absolute atomic E-state index is 9.77. The Labute approximate surface area is 138 Å². The van der Waals surface area contributed by atoms with Crippen molar-refractivity contribution in [2.24, 2.45) is 0 Å². The zero-order chi connectivity index (χ0) is 20.7. The van der Waals surface area contributed by atoms with Gasteiger partial charge in [-0.2, -0.15) is 0 Å². The van der Waals surface area contributed by atoms with Crippen LogP contribution in [-0.2, 0) is 28.8 Å². The molecule has 0 saturated heterocycles. The summed E-state index contributed by atoms with van der Waals surface area (Å²) in [5, 5.41) is 65.1. The van der Waals surface area contributed by atoms with Crippen LogP contribution in [0.15, 0.2) is 0 Å². The monoisotopic (exact) mass is 372 g/mol. The zero-order valence-electron chi connectivity index (χ0n) is 12.2. The van der Waals surface area contributed by atoms with Gasteiger partial charge in [-0.3, -0.25) is 0 Å². The van der Waals surface area contributed by atoms with Gasteiger partial charge in [-0.05, 0) is 0 Å². The van der Waals surface area contributed by atoms with Crippen molar-refractivity contribution >= 4 is 36.4 Å². The first-order chi connectivity index (χ1) is 11.3. The number of rotatable bonds is 8. The fourth-order valence-corrected chi connectivity index (χ4v) is 0.579. The quantitative estimate of drug-likeness (QED) is 0.147. The lowest BCUT2D eigenvalue weighted by Gasteiger charge is -2.07. The van der Waals surface area contributed by atoms with Crippen molar-refractivity contribution in [3.63, 3.8) is 0 Å². The fourth-order valence-electron chi connectivity index (χ4n) is 0.579. The summed E-state index contributed by atoms with van der Waals surface area (Å²) >= 11 is 0. The molecule has 0 fully saturated rings. The van der Waals surface area contributed by atoms with Gasteiger partial charge in [0.15, 0.2) is 24.4 Å². The van der Waals surface area contributed by atoms with Crippen LogP contribution in [0.4, 0.5) is 0 Å². The van der Waals surface area contributed by atoms with Crippen LogP contribution in [0.25, 0.3) is 0 Å². The van der Waals surface area contributed by atoms with Gasteiger partial charge in [-0.15, -0.1) is 0 Å². The molecule has 0 aromatic rings. The Kier molecular flexibility index (Phi) is 15.8. The molecule has 8 N–H and O–H groups in total. The lowest BCUT2D eigenvalue weighted by molar-refractivity contribution is -0.165. The number of carbonyl (C=O) groups is 6. The Hall–Kier alpha value is -2.94. The van der Waals surface area contributed by atoms with Crippen molar-refractivity contribution in [2.75, 3.05) is 0 Å². The average molecular weight is 372 g/mol. The molecule has 4 atom stereocenters. The predicted molar refractivity (Wildman–Crippen MR) is 71.3 cm³/mol. The van der Waals surface area contributed by atoms with Gasteiger partial charge in [0.1, 0.15) is 12.6 Å². The summed E-state index contributed by atoms with van der Waals surface area (Å²) in [7, 11) is 0. The van der Waals surface area contributed by atoms with Gasteiger partial charge in [0.25, 0.3) is 0 Å². The molecule has 14 nitrogen and oxygen atoms in total. The minimum atomic E-state index is -2.27. The van der Waals surface area contributed by atoms with Crippen LogP contribution in [-0.4, -0.2) is 102 Å². The minimum absolute atomic E-state index is 0.0278. The van der Waals surface area contributed by atoms with E-state index in [9.17, 15) is 28.8 Å². The van der Waals surface area contributed by atoms with E-state index in [1.165, 1.54) is 0 Å². The number of aliphatic carboxylic acids is 4. The molecule has 0 rings (SSSR count). The van der Waals surface area contributed by atoms with Crippen molar-refractivity contribution in [1.29, 1.82) is 0 Å². The largest absolute Gasteiger partial charge is 0.479 e. The first-order valence-electron chi connectivity index (χ1n) is 5.85.